The first kappa shape index (κ1) is 13.1. The van der Waals surface area contributed by atoms with E-state index in [-0.39, 0.29) is 6.10 Å². The van der Waals surface area contributed by atoms with Crippen molar-refractivity contribution in [1.82, 2.24) is 4.98 Å². The molecule has 4 heteroatoms. The number of aromatic nitrogens is 1. The minimum absolute atomic E-state index is 0.196. The molecule has 96 valence electrons. The SMILES string of the molecule is Cc1nc(-c2ccc(OC(C)C)cc2)sc1CN. The maximum Gasteiger partial charge on any atom is 0.123 e. The van der Waals surface area contributed by atoms with E-state index < -0.39 is 0 Å². The van der Waals surface area contributed by atoms with Crippen molar-refractivity contribution in [2.75, 3.05) is 0 Å². The molecule has 2 rings (SSSR count). The van der Waals surface area contributed by atoms with Crippen LogP contribution in [0.15, 0.2) is 24.3 Å². The fourth-order valence-electron chi connectivity index (χ4n) is 1.69. The number of benzene rings is 1. The van der Waals surface area contributed by atoms with Gasteiger partial charge < -0.3 is 10.5 Å². The Morgan fingerprint density at radius 3 is 2.44 bits per heavy atom. The second-order valence-corrected chi connectivity index (χ2v) is 5.51. The molecule has 0 bridgehead atoms. The van der Waals surface area contributed by atoms with Crippen molar-refractivity contribution in [3.63, 3.8) is 0 Å². The standard InChI is InChI=1S/C14H18N2OS/c1-9(2)17-12-6-4-11(5-7-12)14-16-10(3)13(8-15)18-14/h4-7,9H,8,15H2,1-3H3. The van der Waals surface area contributed by atoms with Crippen LogP contribution in [0.4, 0.5) is 0 Å². The Morgan fingerprint density at radius 1 is 1.28 bits per heavy atom. The fourth-order valence-corrected chi connectivity index (χ4v) is 2.64. The first-order valence-corrected chi connectivity index (χ1v) is 6.85. The lowest BCUT2D eigenvalue weighted by molar-refractivity contribution is 0.242. The summed E-state index contributed by atoms with van der Waals surface area (Å²) in [7, 11) is 0. The van der Waals surface area contributed by atoms with Crippen LogP contribution in [0.2, 0.25) is 0 Å². The van der Waals surface area contributed by atoms with Gasteiger partial charge in [0.2, 0.25) is 0 Å². The third kappa shape index (κ3) is 2.89. The van der Waals surface area contributed by atoms with Crippen LogP contribution in [0.5, 0.6) is 5.75 Å². The summed E-state index contributed by atoms with van der Waals surface area (Å²) in [4.78, 5) is 5.69. The summed E-state index contributed by atoms with van der Waals surface area (Å²) in [6.07, 6.45) is 0.196. The molecule has 0 fully saturated rings. The van der Waals surface area contributed by atoms with Gasteiger partial charge >= 0.3 is 0 Å². The highest BCUT2D eigenvalue weighted by Crippen LogP contribution is 2.29. The van der Waals surface area contributed by atoms with Gasteiger partial charge in [-0.05, 0) is 45.0 Å². The topological polar surface area (TPSA) is 48.1 Å². The van der Waals surface area contributed by atoms with Crippen LogP contribution in [0.25, 0.3) is 10.6 Å². The van der Waals surface area contributed by atoms with Gasteiger partial charge in [-0.3, -0.25) is 0 Å². The minimum Gasteiger partial charge on any atom is -0.491 e. The van der Waals surface area contributed by atoms with Gasteiger partial charge in [-0.25, -0.2) is 4.98 Å². The number of rotatable bonds is 4. The Kier molecular flexibility index (Phi) is 3.99. The van der Waals surface area contributed by atoms with Gasteiger partial charge in [0, 0.05) is 17.0 Å². The average Bonchev–Trinajstić information content (AvgIpc) is 2.71. The zero-order valence-corrected chi connectivity index (χ0v) is 11.8. The Balaban J connectivity index is 2.22. The summed E-state index contributed by atoms with van der Waals surface area (Å²) >= 11 is 1.66. The van der Waals surface area contributed by atoms with Crippen molar-refractivity contribution in [2.45, 2.75) is 33.4 Å². The quantitative estimate of drug-likeness (QED) is 0.919. The molecule has 0 spiro atoms. The molecule has 1 heterocycles. The molecular weight excluding hydrogens is 244 g/mol. The van der Waals surface area contributed by atoms with Crippen LogP contribution in [-0.4, -0.2) is 11.1 Å². The van der Waals surface area contributed by atoms with Crippen LogP contribution in [0.3, 0.4) is 0 Å². The van der Waals surface area contributed by atoms with Crippen molar-refractivity contribution < 1.29 is 4.74 Å². The van der Waals surface area contributed by atoms with E-state index in [2.05, 4.69) is 4.98 Å². The van der Waals surface area contributed by atoms with Gasteiger partial charge in [0.05, 0.1) is 11.8 Å². The maximum atomic E-state index is 5.67. The minimum atomic E-state index is 0.196. The Bertz CT molecular complexity index is 517. The lowest BCUT2D eigenvalue weighted by atomic mass is 10.2. The molecule has 18 heavy (non-hydrogen) atoms. The molecule has 0 aliphatic heterocycles. The van der Waals surface area contributed by atoms with E-state index in [9.17, 15) is 0 Å². The zero-order chi connectivity index (χ0) is 13.1. The fraction of sp³-hybridized carbons (Fsp3) is 0.357. The first-order chi connectivity index (χ1) is 8.60. The summed E-state index contributed by atoms with van der Waals surface area (Å²) in [6.45, 7) is 6.59. The molecule has 0 radical (unpaired) electrons. The third-order valence-electron chi connectivity index (χ3n) is 2.55. The first-order valence-electron chi connectivity index (χ1n) is 6.03. The average molecular weight is 262 g/mol. The zero-order valence-electron chi connectivity index (χ0n) is 10.9. The maximum absolute atomic E-state index is 5.67. The molecule has 2 aromatic rings. The molecule has 0 aliphatic carbocycles. The molecule has 0 amide bonds. The van der Waals surface area contributed by atoms with Gasteiger partial charge in [0.1, 0.15) is 10.8 Å². The number of aryl methyl sites for hydroxylation is 1. The van der Waals surface area contributed by atoms with Gasteiger partial charge in [-0.15, -0.1) is 11.3 Å². The van der Waals surface area contributed by atoms with E-state index in [1.165, 1.54) is 0 Å². The molecule has 1 aromatic carbocycles. The molecule has 0 unspecified atom stereocenters. The summed E-state index contributed by atoms with van der Waals surface area (Å²) in [6, 6.07) is 8.04. The predicted octanol–water partition coefficient (Wildman–Crippen LogP) is 3.36. The highest BCUT2D eigenvalue weighted by atomic mass is 32.1. The monoisotopic (exact) mass is 262 g/mol. The summed E-state index contributed by atoms with van der Waals surface area (Å²) in [5.41, 5.74) is 7.81. The summed E-state index contributed by atoms with van der Waals surface area (Å²) < 4.78 is 5.62. The second kappa shape index (κ2) is 5.50. The molecule has 0 saturated carbocycles. The molecule has 0 saturated heterocycles. The van der Waals surface area contributed by atoms with Crippen LogP contribution in [0.1, 0.15) is 24.4 Å². The number of nitrogens with two attached hydrogens (primary N) is 1. The van der Waals surface area contributed by atoms with E-state index in [1.807, 2.05) is 45.0 Å². The largest absolute Gasteiger partial charge is 0.491 e. The van der Waals surface area contributed by atoms with E-state index in [0.29, 0.717) is 6.54 Å². The normalized spacial score (nSPS) is 10.9. The van der Waals surface area contributed by atoms with Crippen LogP contribution in [0, 0.1) is 6.92 Å². The highest BCUT2D eigenvalue weighted by molar-refractivity contribution is 7.15. The van der Waals surface area contributed by atoms with E-state index in [4.69, 9.17) is 10.5 Å². The smallest absolute Gasteiger partial charge is 0.123 e. The van der Waals surface area contributed by atoms with Crippen molar-refractivity contribution in [1.29, 1.82) is 0 Å². The number of hydrogen-bond acceptors (Lipinski definition) is 4. The Morgan fingerprint density at radius 2 is 1.94 bits per heavy atom. The highest BCUT2D eigenvalue weighted by Gasteiger charge is 2.08. The molecule has 2 N–H and O–H groups in total. The van der Waals surface area contributed by atoms with Crippen LogP contribution < -0.4 is 10.5 Å². The predicted molar refractivity (Wildman–Crippen MR) is 75.9 cm³/mol. The van der Waals surface area contributed by atoms with Gasteiger partial charge in [-0.1, -0.05) is 0 Å². The molecular formula is C14H18N2OS. The molecule has 3 nitrogen and oxygen atoms in total. The van der Waals surface area contributed by atoms with Crippen molar-refractivity contribution in [3.8, 4) is 16.3 Å². The van der Waals surface area contributed by atoms with Crippen molar-refractivity contribution >= 4 is 11.3 Å². The van der Waals surface area contributed by atoms with Gasteiger partial charge in [0.25, 0.3) is 0 Å². The van der Waals surface area contributed by atoms with Crippen molar-refractivity contribution in [2.24, 2.45) is 5.73 Å². The van der Waals surface area contributed by atoms with Crippen molar-refractivity contribution in [3.05, 3.63) is 34.8 Å². The van der Waals surface area contributed by atoms with E-state index in [1.54, 1.807) is 11.3 Å². The lowest BCUT2D eigenvalue weighted by Crippen LogP contribution is -2.05. The molecule has 1 aromatic heterocycles. The Hall–Kier alpha value is -1.39. The number of ether oxygens (including phenoxy) is 1. The van der Waals surface area contributed by atoms with Crippen LogP contribution in [-0.2, 0) is 6.54 Å². The molecule has 0 atom stereocenters. The second-order valence-electron chi connectivity index (χ2n) is 4.42. The van der Waals surface area contributed by atoms with Crippen LogP contribution >= 0.6 is 11.3 Å². The van der Waals surface area contributed by atoms with Gasteiger partial charge in [0.15, 0.2) is 0 Å². The third-order valence-corrected chi connectivity index (χ3v) is 3.78. The molecule has 0 aliphatic rings. The summed E-state index contributed by atoms with van der Waals surface area (Å²) in [5, 5.41) is 1.02. The lowest BCUT2D eigenvalue weighted by Gasteiger charge is -2.09. The van der Waals surface area contributed by atoms with E-state index in [0.717, 1.165) is 26.9 Å². The number of nitrogens with zero attached hydrogens (tertiary/aromatic N) is 1. The van der Waals surface area contributed by atoms with E-state index >= 15 is 0 Å². The van der Waals surface area contributed by atoms with Gasteiger partial charge in [-0.2, -0.15) is 0 Å². The number of hydrogen-bond donors (Lipinski definition) is 1. The Labute approximate surface area is 112 Å². The summed E-state index contributed by atoms with van der Waals surface area (Å²) in [5.74, 6) is 0.890. The number of thiazole rings is 1.